The quantitative estimate of drug-likeness (QED) is 0.813. The van der Waals surface area contributed by atoms with E-state index in [1.807, 2.05) is 29.1 Å². The number of halogens is 1. The third kappa shape index (κ3) is 3.06. The molecule has 17 heavy (non-hydrogen) atoms. The maximum atomic E-state index is 5.63. The molecule has 0 aliphatic rings. The number of rotatable bonds is 4. The van der Waals surface area contributed by atoms with Crippen molar-refractivity contribution in [2.45, 2.75) is 26.5 Å². The Kier molecular flexibility index (Phi) is 3.78. The van der Waals surface area contributed by atoms with E-state index in [4.69, 9.17) is 4.74 Å². The van der Waals surface area contributed by atoms with Gasteiger partial charge in [-0.3, -0.25) is 4.68 Å². The van der Waals surface area contributed by atoms with Crippen molar-refractivity contribution in [2.24, 2.45) is 0 Å². The van der Waals surface area contributed by atoms with Gasteiger partial charge in [-0.25, -0.2) is 4.98 Å². The lowest BCUT2D eigenvalue weighted by Gasteiger charge is -2.06. The van der Waals surface area contributed by atoms with Gasteiger partial charge in [0.25, 0.3) is 0 Å². The summed E-state index contributed by atoms with van der Waals surface area (Å²) < 4.78 is 8.26. The second-order valence-electron chi connectivity index (χ2n) is 3.96. The Bertz CT molecular complexity index is 496. The van der Waals surface area contributed by atoms with Gasteiger partial charge < -0.3 is 4.74 Å². The topological polar surface area (TPSA) is 39.9 Å². The summed E-state index contributed by atoms with van der Waals surface area (Å²) >= 11 is 3.34. The lowest BCUT2D eigenvalue weighted by molar-refractivity contribution is 0.295. The molecule has 0 aromatic carbocycles. The van der Waals surface area contributed by atoms with E-state index in [1.54, 1.807) is 6.20 Å². The minimum atomic E-state index is 0.369. The van der Waals surface area contributed by atoms with E-state index >= 15 is 0 Å². The van der Waals surface area contributed by atoms with Gasteiger partial charge in [-0.1, -0.05) is 0 Å². The van der Waals surface area contributed by atoms with Crippen LogP contribution in [0.2, 0.25) is 0 Å². The molecule has 2 rings (SSSR count). The Balaban J connectivity index is 2.00. The predicted octanol–water partition coefficient (Wildman–Crippen LogP) is 3.20. The molecule has 2 heterocycles. The van der Waals surface area contributed by atoms with E-state index in [0.717, 1.165) is 11.4 Å². The number of nitrogens with zero attached hydrogens (tertiary/aromatic N) is 3. The van der Waals surface area contributed by atoms with E-state index in [-0.39, 0.29) is 0 Å². The lowest BCUT2D eigenvalue weighted by Crippen LogP contribution is -2.03. The third-order valence-electron chi connectivity index (χ3n) is 2.29. The summed E-state index contributed by atoms with van der Waals surface area (Å²) in [5.74, 6) is 0.728. The zero-order valence-corrected chi connectivity index (χ0v) is 11.4. The van der Waals surface area contributed by atoms with Crippen molar-refractivity contribution in [1.29, 1.82) is 0 Å². The molecule has 2 aromatic heterocycles. The molecule has 0 saturated carbocycles. The fourth-order valence-electron chi connectivity index (χ4n) is 1.37. The molecule has 0 bridgehead atoms. The van der Waals surface area contributed by atoms with Crippen molar-refractivity contribution in [1.82, 2.24) is 14.8 Å². The second-order valence-corrected chi connectivity index (χ2v) is 4.71. The molecular formula is C12H14BrN3O. The second kappa shape index (κ2) is 5.31. The summed E-state index contributed by atoms with van der Waals surface area (Å²) in [4.78, 5) is 4.09. The van der Waals surface area contributed by atoms with Gasteiger partial charge in [0.05, 0.1) is 5.69 Å². The van der Waals surface area contributed by atoms with Gasteiger partial charge in [0, 0.05) is 18.4 Å². The van der Waals surface area contributed by atoms with Crippen LogP contribution in [0.1, 0.15) is 25.6 Å². The van der Waals surface area contributed by atoms with Crippen LogP contribution in [0.4, 0.5) is 0 Å². The van der Waals surface area contributed by atoms with Crippen LogP contribution in [-0.2, 0) is 6.61 Å². The summed E-state index contributed by atoms with van der Waals surface area (Å²) in [5.41, 5.74) is 0.912. The molecule has 0 saturated heterocycles. The van der Waals surface area contributed by atoms with Gasteiger partial charge in [-0.05, 0) is 48.0 Å². The van der Waals surface area contributed by atoms with Crippen molar-refractivity contribution >= 4 is 15.9 Å². The highest BCUT2D eigenvalue weighted by molar-refractivity contribution is 9.10. The molecule has 0 spiro atoms. The van der Waals surface area contributed by atoms with Crippen molar-refractivity contribution in [3.63, 3.8) is 0 Å². The molecule has 4 nitrogen and oxygen atoms in total. The van der Waals surface area contributed by atoms with E-state index < -0.39 is 0 Å². The van der Waals surface area contributed by atoms with Gasteiger partial charge in [-0.2, -0.15) is 5.10 Å². The van der Waals surface area contributed by atoms with E-state index in [2.05, 4.69) is 39.9 Å². The largest absolute Gasteiger partial charge is 0.484 e. The van der Waals surface area contributed by atoms with Crippen molar-refractivity contribution in [3.05, 3.63) is 40.9 Å². The molecule has 0 N–H and O–H groups in total. The SMILES string of the molecule is CC(C)n1ccc(COc2cccnc2Br)n1. The molecule has 0 unspecified atom stereocenters. The highest BCUT2D eigenvalue weighted by Crippen LogP contribution is 2.21. The zero-order valence-electron chi connectivity index (χ0n) is 9.80. The molecule has 0 atom stereocenters. The van der Waals surface area contributed by atoms with Crippen LogP contribution in [0.25, 0.3) is 0 Å². The fraction of sp³-hybridized carbons (Fsp3) is 0.333. The van der Waals surface area contributed by atoms with E-state index in [0.29, 0.717) is 17.3 Å². The Morgan fingerprint density at radius 2 is 2.24 bits per heavy atom. The van der Waals surface area contributed by atoms with Crippen LogP contribution in [-0.4, -0.2) is 14.8 Å². The van der Waals surface area contributed by atoms with Crippen LogP contribution in [0.15, 0.2) is 35.2 Å². The normalized spacial score (nSPS) is 10.8. The minimum Gasteiger partial charge on any atom is -0.484 e. The molecule has 90 valence electrons. The monoisotopic (exact) mass is 295 g/mol. The van der Waals surface area contributed by atoms with Crippen LogP contribution >= 0.6 is 15.9 Å². The summed E-state index contributed by atoms with van der Waals surface area (Å²) in [6.07, 6.45) is 3.67. The standard InChI is InChI=1S/C12H14BrN3O/c1-9(2)16-7-5-10(15-16)8-17-11-4-3-6-14-12(11)13/h3-7,9H,8H2,1-2H3. The molecule has 5 heteroatoms. The average molecular weight is 296 g/mol. The number of aromatic nitrogens is 3. The molecule has 0 fully saturated rings. The highest BCUT2D eigenvalue weighted by Gasteiger charge is 2.05. The third-order valence-corrected chi connectivity index (χ3v) is 2.89. The number of hydrogen-bond donors (Lipinski definition) is 0. The predicted molar refractivity (Wildman–Crippen MR) is 68.9 cm³/mol. The van der Waals surface area contributed by atoms with E-state index in [1.165, 1.54) is 0 Å². The maximum absolute atomic E-state index is 5.63. The van der Waals surface area contributed by atoms with Crippen LogP contribution in [0, 0.1) is 0 Å². The summed E-state index contributed by atoms with van der Waals surface area (Å²) in [6, 6.07) is 6.04. The first-order chi connectivity index (χ1) is 8.16. The van der Waals surface area contributed by atoms with Gasteiger partial charge in [-0.15, -0.1) is 0 Å². The Hall–Kier alpha value is -1.36. The first kappa shape index (κ1) is 12.1. The maximum Gasteiger partial charge on any atom is 0.152 e. The minimum absolute atomic E-state index is 0.369. The van der Waals surface area contributed by atoms with Crippen molar-refractivity contribution < 1.29 is 4.74 Å². The summed E-state index contributed by atoms with van der Waals surface area (Å²) in [5, 5.41) is 4.41. The molecule has 0 aliphatic heterocycles. The first-order valence-corrected chi connectivity index (χ1v) is 6.23. The first-order valence-electron chi connectivity index (χ1n) is 5.44. The Labute approximate surface area is 109 Å². The van der Waals surface area contributed by atoms with Gasteiger partial charge in [0.1, 0.15) is 11.2 Å². The zero-order chi connectivity index (χ0) is 12.3. The van der Waals surface area contributed by atoms with Gasteiger partial charge >= 0.3 is 0 Å². The van der Waals surface area contributed by atoms with Crippen molar-refractivity contribution in [2.75, 3.05) is 0 Å². The Morgan fingerprint density at radius 3 is 2.88 bits per heavy atom. The van der Waals surface area contributed by atoms with Crippen LogP contribution in [0.5, 0.6) is 5.75 Å². The van der Waals surface area contributed by atoms with E-state index in [9.17, 15) is 0 Å². The van der Waals surface area contributed by atoms with Gasteiger partial charge in [0.2, 0.25) is 0 Å². The average Bonchev–Trinajstić information content (AvgIpc) is 2.77. The molecule has 2 aromatic rings. The number of pyridine rings is 1. The highest BCUT2D eigenvalue weighted by atomic mass is 79.9. The van der Waals surface area contributed by atoms with Gasteiger partial charge in [0.15, 0.2) is 5.75 Å². The Morgan fingerprint density at radius 1 is 1.41 bits per heavy atom. The molecule has 0 radical (unpaired) electrons. The fourth-order valence-corrected chi connectivity index (χ4v) is 1.74. The molecule has 0 aliphatic carbocycles. The van der Waals surface area contributed by atoms with Crippen LogP contribution < -0.4 is 4.74 Å². The van der Waals surface area contributed by atoms with Crippen molar-refractivity contribution in [3.8, 4) is 5.75 Å². The number of hydrogen-bond acceptors (Lipinski definition) is 3. The lowest BCUT2D eigenvalue weighted by atomic mass is 10.4. The summed E-state index contributed by atoms with van der Waals surface area (Å²) in [6.45, 7) is 4.63. The van der Waals surface area contributed by atoms with Crippen LogP contribution in [0.3, 0.4) is 0 Å². The number of ether oxygens (including phenoxy) is 1. The molecule has 0 amide bonds. The molecular weight excluding hydrogens is 282 g/mol. The smallest absolute Gasteiger partial charge is 0.152 e. The summed E-state index contributed by atoms with van der Waals surface area (Å²) in [7, 11) is 0.